The monoisotopic (exact) mass is 214 g/mol. The van der Waals surface area contributed by atoms with Crippen molar-refractivity contribution in [3.63, 3.8) is 0 Å². The Balaban J connectivity index is 4.25. The first-order valence-electron chi connectivity index (χ1n) is 1.30. The van der Waals surface area contributed by atoms with Gasteiger partial charge in [-0.2, -0.15) is 0 Å². The van der Waals surface area contributed by atoms with E-state index in [1.165, 1.54) is 6.04 Å². The Morgan fingerprint density at radius 2 is 1.38 bits per heavy atom. The van der Waals surface area contributed by atoms with Crippen LogP contribution in [0, 0.1) is 0 Å². The summed E-state index contributed by atoms with van der Waals surface area (Å²) in [7, 11) is 0. The molecule has 0 rings (SSSR count). The molecule has 0 atom stereocenters. The van der Waals surface area contributed by atoms with E-state index < -0.39 is 20.9 Å². The van der Waals surface area contributed by atoms with Crippen molar-refractivity contribution in [3.05, 3.63) is 0 Å². The summed E-state index contributed by atoms with van der Waals surface area (Å²) < 4.78 is 54.8. The van der Waals surface area contributed by atoms with E-state index in [4.69, 9.17) is 2.81 Å². The Labute approximate surface area is 44.6 Å². The van der Waals surface area contributed by atoms with Crippen LogP contribution >= 0.6 is 0 Å². The summed E-state index contributed by atoms with van der Waals surface area (Å²) in [6.45, 7) is 0. The summed E-state index contributed by atoms with van der Waals surface area (Å²) in [6, 6.07) is 0. The van der Waals surface area contributed by atoms with E-state index in [1.54, 1.807) is 0 Å². The van der Waals surface area contributed by atoms with Gasteiger partial charge in [0, 0.05) is 0 Å². The molecule has 0 aliphatic carbocycles. The van der Waals surface area contributed by atoms with E-state index in [0.29, 0.717) is 0 Å². The molecule has 0 saturated carbocycles. The zero-order valence-corrected chi connectivity index (χ0v) is 5.69. The molecule has 0 fully saturated rings. The van der Waals surface area contributed by atoms with Gasteiger partial charge in [0.2, 0.25) is 0 Å². The van der Waals surface area contributed by atoms with Crippen LogP contribution in [0.15, 0.2) is 0 Å². The summed E-state index contributed by atoms with van der Waals surface area (Å²) in [5.74, 6) is 0. The molecular weight excluding hydrogens is 215 g/mol. The number of rotatable bonds is 2. The molecule has 8 heavy (non-hydrogen) atoms. The molecular formula is F4O3Zr. The first-order valence-corrected chi connectivity index (χ1v) is 6.17. The number of hydrogen-bond acceptors (Lipinski definition) is 3. The average molecular weight is 215 g/mol. The van der Waals surface area contributed by atoms with Crippen LogP contribution in [-0.2, 0) is 29.7 Å². The van der Waals surface area contributed by atoms with Crippen molar-refractivity contribution in [2.45, 2.75) is 0 Å². The van der Waals surface area contributed by atoms with Gasteiger partial charge in [-0.1, -0.05) is 0 Å². The van der Waals surface area contributed by atoms with Crippen molar-refractivity contribution >= 4 is 0 Å². The molecule has 0 spiro atoms. The molecule has 8 heteroatoms. The van der Waals surface area contributed by atoms with E-state index in [0.717, 1.165) is 0 Å². The first-order chi connectivity index (χ1) is 3.39. The van der Waals surface area contributed by atoms with Crippen LogP contribution in [-0.4, -0.2) is 0 Å². The Bertz CT molecular complexity index is 124. The molecule has 0 heterocycles. The van der Waals surface area contributed by atoms with Gasteiger partial charge >= 0.3 is 44.0 Å². The summed E-state index contributed by atoms with van der Waals surface area (Å²) >= 11 is -8.47. The molecule has 0 amide bonds. The van der Waals surface area contributed by atoms with Crippen molar-refractivity contribution in [1.29, 1.82) is 0 Å². The fraction of sp³-hybridized carbons (Fsp3) is 0. The molecule has 0 aliphatic rings. The third-order valence-corrected chi connectivity index (χ3v) is 1.44. The molecule has 0 bridgehead atoms. The fourth-order valence-electron chi connectivity index (χ4n) is 0.0119. The van der Waals surface area contributed by atoms with Gasteiger partial charge in [0.25, 0.3) is 0 Å². The first kappa shape index (κ1) is 8.32. The quantitative estimate of drug-likeness (QED) is 0.653. The van der Waals surface area contributed by atoms with Crippen LogP contribution < -0.4 is 0 Å². The molecule has 0 aromatic rings. The van der Waals surface area contributed by atoms with Crippen LogP contribution in [0.25, 0.3) is 0 Å². The minimum atomic E-state index is -8.47. The zero-order valence-electron chi connectivity index (χ0n) is 3.24. The molecule has 3 nitrogen and oxygen atoms in total. The molecule has 0 saturated heterocycles. The van der Waals surface area contributed by atoms with Crippen LogP contribution in [0.2, 0.25) is 0 Å². The molecule has 0 radical (unpaired) electrons. The maximum atomic E-state index is 11.0. The van der Waals surface area contributed by atoms with Crippen molar-refractivity contribution in [3.8, 4) is 0 Å². The maximum absolute atomic E-state index is 11.0. The van der Waals surface area contributed by atoms with Gasteiger partial charge in [-0.05, 0) is 0 Å². The fourth-order valence-corrected chi connectivity index (χ4v) is 0.0704. The molecule has 0 unspecified atom stereocenters. The number of halogens is 4. The Hall–Kier alpha value is 0.323. The van der Waals surface area contributed by atoms with Crippen molar-refractivity contribution in [2.75, 3.05) is 0 Å². The second-order valence-electron chi connectivity index (χ2n) is 0.939. The van der Waals surface area contributed by atoms with Crippen molar-refractivity contribution in [1.82, 2.24) is 0 Å². The van der Waals surface area contributed by atoms with Gasteiger partial charge in [0.15, 0.2) is 0 Å². The van der Waals surface area contributed by atoms with Gasteiger partial charge in [-0.25, -0.2) is 0 Å². The number of hydrogen-bond donors (Lipinski definition) is 0. The van der Waals surface area contributed by atoms with Crippen molar-refractivity contribution in [2.24, 2.45) is 0 Å². The molecule has 0 aliphatic heterocycles. The topological polar surface area (TPSA) is 35.5 Å². The van der Waals surface area contributed by atoms with E-state index in [2.05, 4.69) is 0 Å². The third kappa shape index (κ3) is 2.59. The predicted molar refractivity (Wildman–Crippen MR) is 7.29 cm³/mol. The SMILES string of the molecule is [O]=[Zr]([F])([F])([O]F)[O]F. The van der Waals surface area contributed by atoms with E-state index in [9.17, 15) is 14.3 Å². The second kappa shape index (κ2) is 1.93. The van der Waals surface area contributed by atoms with Gasteiger partial charge in [0.1, 0.15) is 0 Å². The van der Waals surface area contributed by atoms with Crippen LogP contribution in [0.1, 0.15) is 0 Å². The predicted octanol–water partition coefficient (Wildman–Crippen LogP) is 1.42. The normalized spacial score (nSPS) is 14.1. The third-order valence-electron chi connectivity index (χ3n) is 0.243. The molecule has 0 aromatic carbocycles. The van der Waals surface area contributed by atoms with Crippen LogP contribution in [0.5, 0.6) is 0 Å². The minimum absolute atomic E-state index is 1.50. The van der Waals surface area contributed by atoms with Gasteiger partial charge < -0.3 is 0 Å². The summed E-state index contributed by atoms with van der Waals surface area (Å²) in [5, 5.41) is 0. The summed E-state index contributed by atoms with van der Waals surface area (Å²) in [5.41, 5.74) is 0. The summed E-state index contributed by atoms with van der Waals surface area (Å²) in [6.07, 6.45) is 0. The summed E-state index contributed by atoms with van der Waals surface area (Å²) in [4.78, 5) is 0. The van der Waals surface area contributed by atoms with Crippen LogP contribution in [0.4, 0.5) is 14.3 Å². The standard InChI is InChI=1S/2FO.2FH.O.Zr/c2*1-2;;;;/h;;2*1H;;/q2*-1;;;;+4/p-2. The molecule has 0 N–H and O–H groups in total. The van der Waals surface area contributed by atoms with E-state index in [-0.39, 0.29) is 0 Å². The zero-order chi connectivity index (χ0) is 6.86. The Morgan fingerprint density at radius 1 is 1.12 bits per heavy atom. The Morgan fingerprint density at radius 3 is 1.38 bits per heavy atom. The van der Waals surface area contributed by atoms with Gasteiger partial charge in [-0.3, -0.25) is 0 Å². The van der Waals surface area contributed by atoms with Gasteiger partial charge in [0.05, 0.1) is 0 Å². The van der Waals surface area contributed by atoms with E-state index in [1.807, 2.05) is 0 Å². The molecule has 0 aromatic heterocycles. The van der Waals surface area contributed by atoms with Gasteiger partial charge in [-0.15, -0.1) is 0 Å². The van der Waals surface area contributed by atoms with E-state index >= 15 is 0 Å². The Kier molecular flexibility index (Phi) is 2.01. The second-order valence-corrected chi connectivity index (χ2v) is 5.55. The van der Waals surface area contributed by atoms with Crippen molar-refractivity contribution < 1.29 is 44.0 Å². The van der Waals surface area contributed by atoms with Crippen LogP contribution in [0.3, 0.4) is 0 Å². The molecule has 50 valence electrons. The average Bonchev–Trinajstić information content (AvgIpc) is 1.68.